The molecule has 1 aliphatic heterocycles. The SMILES string of the molecule is CCOc1ccc(N2C(=O)C(=O)/C(=C(\O)c3cccc(Cl)c3)C2c2ccc(OC)c(OC)c2)cc1. The molecule has 0 radical (unpaired) electrons. The maximum absolute atomic E-state index is 13.3. The van der Waals surface area contributed by atoms with Crippen molar-refractivity contribution in [3.05, 3.63) is 88.5 Å². The summed E-state index contributed by atoms with van der Waals surface area (Å²) in [6.07, 6.45) is 0. The summed E-state index contributed by atoms with van der Waals surface area (Å²) in [5.41, 5.74) is 1.30. The van der Waals surface area contributed by atoms with Crippen molar-refractivity contribution in [3.63, 3.8) is 0 Å². The van der Waals surface area contributed by atoms with E-state index in [4.69, 9.17) is 25.8 Å². The fourth-order valence-corrected chi connectivity index (χ4v) is 4.29. The van der Waals surface area contributed by atoms with Crippen LogP contribution >= 0.6 is 11.6 Å². The summed E-state index contributed by atoms with van der Waals surface area (Å²) in [4.78, 5) is 28.0. The first-order chi connectivity index (χ1) is 16.9. The topological polar surface area (TPSA) is 85.3 Å². The van der Waals surface area contributed by atoms with Gasteiger partial charge in [-0.15, -0.1) is 0 Å². The lowest BCUT2D eigenvalue weighted by molar-refractivity contribution is -0.132. The zero-order valence-electron chi connectivity index (χ0n) is 19.4. The number of aliphatic hydroxyl groups is 1. The Bertz CT molecular complexity index is 1300. The highest BCUT2D eigenvalue weighted by Crippen LogP contribution is 2.44. The number of ketones is 1. The van der Waals surface area contributed by atoms with Crippen molar-refractivity contribution >= 4 is 34.7 Å². The molecule has 1 atom stereocenters. The molecular weight excluding hydrogens is 470 g/mol. The number of hydrogen-bond donors (Lipinski definition) is 1. The molecule has 0 aromatic heterocycles. The number of nitrogens with zero attached hydrogens (tertiary/aromatic N) is 1. The van der Waals surface area contributed by atoms with Gasteiger partial charge in [0.1, 0.15) is 11.5 Å². The number of Topliss-reactive ketones (excluding diaryl/α,β-unsaturated/α-hetero) is 1. The largest absolute Gasteiger partial charge is 0.507 e. The van der Waals surface area contributed by atoms with E-state index in [1.807, 2.05) is 6.92 Å². The minimum atomic E-state index is -0.924. The van der Waals surface area contributed by atoms with Gasteiger partial charge in [-0.05, 0) is 61.0 Å². The highest BCUT2D eigenvalue weighted by Gasteiger charge is 2.47. The average Bonchev–Trinajstić information content (AvgIpc) is 3.14. The van der Waals surface area contributed by atoms with Crippen molar-refractivity contribution in [2.24, 2.45) is 0 Å². The number of carbonyl (C=O) groups excluding carboxylic acids is 2. The Kier molecular flexibility index (Phi) is 6.98. The van der Waals surface area contributed by atoms with Crippen LogP contribution in [0.2, 0.25) is 5.02 Å². The number of aliphatic hydroxyl groups excluding tert-OH is 1. The number of methoxy groups -OCH3 is 2. The summed E-state index contributed by atoms with van der Waals surface area (Å²) >= 11 is 6.11. The molecule has 0 spiro atoms. The van der Waals surface area contributed by atoms with Crippen LogP contribution in [0.15, 0.2) is 72.3 Å². The van der Waals surface area contributed by atoms with E-state index in [9.17, 15) is 14.7 Å². The third-order valence-electron chi connectivity index (χ3n) is 5.69. The Balaban J connectivity index is 1.93. The number of carbonyl (C=O) groups is 2. The first-order valence-electron chi connectivity index (χ1n) is 10.9. The van der Waals surface area contributed by atoms with Crippen LogP contribution in [-0.4, -0.2) is 37.6 Å². The van der Waals surface area contributed by atoms with E-state index in [0.717, 1.165) is 0 Å². The van der Waals surface area contributed by atoms with Crippen molar-refractivity contribution in [2.45, 2.75) is 13.0 Å². The second-order valence-corrected chi connectivity index (χ2v) is 8.16. The van der Waals surface area contributed by atoms with Crippen molar-refractivity contribution in [3.8, 4) is 17.2 Å². The number of benzene rings is 3. The van der Waals surface area contributed by atoms with E-state index in [2.05, 4.69) is 0 Å². The maximum Gasteiger partial charge on any atom is 0.300 e. The van der Waals surface area contributed by atoms with E-state index >= 15 is 0 Å². The number of ether oxygens (including phenoxy) is 3. The van der Waals surface area contributed by atoms with Gasteiger partial charge in [0, 0.05) is 16.3 Å². The molecule has 1 saturated heterocycles. The lowest BCUT2D eigenvalue weighted by Gasteiger charge is -2.26. The molecule has 4 rings (SSSR count). The molecule has 1 N–H and O–H groups in total. The standard InChI is InChI=1S/C27H24ClNO6/c1-4-35-20-11-9-19(10-12-20)29-24(16-8-13-21(33-2)22(15-16)34-3)23(26(31)27(29)32)25(30)17-6-5-7-18(28)14-17/h5-15,24,30H,4H2,1-3H3/b25-23-. The highest BCUT2D eigenvalue weighted by atomic mass is 35.5. The van der Waals surface area contributed by atoms with E-state index in [1.54, 1.807) is 60.7 Å². The van der Waals surface area contributed by atoms with Crippen molar-refractivity contribution in [1.29, 1.82) is 0 Å². The number of halogens is 1. The monoisotopic (exact) mass is 493 g/mol. The van der Waals surface area contributed by atoms with Crippen LogP contribution in [0.25, 0.3) is 5.76 Å². The minimum absolute atomic E-state index is 0.0571. The predicted octanol–water partition coefficient (Wildman–Crippen LogP) is 5.38. The van der Waals surface area contributed by atoms with E-state index in [1.165, 1.54) is 25.2 Å². The molecule has 3 aromatic carbocycles. The first kappa shape index (κ1) is 24.2. The van der Waals surface area contributed by atoms with Crippen molar-refractivity contribution in [1.82, 2.24) is 0 Å². The van der Waals surface area contributed by atoms with Crippen LogP contribution in [0, 0.1) is 0 Å². The van der Waals surface area contributed by atoms with Gasteiger partial charge in [-0.3, -0.25) is 14.5 Å². The summed E-state index contributed by atoms with van der Waals surface area (Å²) in [5, 5.41) is 11.6. The number of rotatable bonds is 7. The molecule has 8 heteroatoms. The minimum Gasteiger partial charge on any atom is -0.507 e. The van der Waals surface area contributed by atoms with Crippen LogP contribution in [0.4, 0.5) is 5.69 Å². The zero-order chi connectivity index (χ0) is 25.1. The van der Waals surface area contributed by atoms with Crippen LogP contribution in [0.1, 0.15) is 24.1 Å². The normalized spacial score (nSPS) is 16.9. The fourth-order valence-electron chi connectivity index (χ4n) is 4.10. The Morgan fingerprint density at radius 2 is 1.69 bits per heavy atom. The second-order valence-electron chi connectivity index (χ2n) is 7.72. The summed E-state index contributed by atoms with van der Waals surface area (Å²) in [6.45, 7) is 2.37. The summed E-state index contributed by atoms with van der Waals surface area (Å²) in [5.74, 6) is -0.351. The Hall–Kier alpha value is -3.97. The molecule has 1 aliphatic rings. The summed E-state index contributed by atoms with van der Waals surface area (Å²) in [6, 6.07) is 17.5. The molecule has 0 aliphatic carbocycles. The molecule has 1 heterocycles. The zero-order valence-corrected chi connectivity index (χ0v) is 20.2. The molecule has 35 heavy (non-hydrogen) atoms. The molecule has 1 amide bonds. The van der Waals surface area contributed by atoms with Crippen LogP contribution in [0.3, 0.4) is 0 Å². The third-order valence-corrected chi connectivity index (χ3v) is 5.93. The molecule has 1 fully saturated rings. The van der Waals surface area contributed by atoms with E-state index < -0.39 is 17.7 Å². The molecule has 1 unspecified atom stereocenters. The number of hydrogen-bond acceptors (Lipinski definition) is 6. The van der Waals surface area contributed by atoms with Crippen LogP contribution < -0.4 is 19.1 Å². The highest BCUT2D eigenvalue weighted by molar-refractivity contribution is 6.51. The van der Waals surface area contributed by atoms with Gasteiger partial charge in [-0.25, -0.2) is 0 Å². The molecule has 7 nitrogen and oxygen atoms in total. The quantitative estimate of drug-likeness (QED) is 0.270. The summed E-state index contributed by atoms with van der Waals surface area (Å²) < 4.78 is 16.3. The van der Waals surface area contributed by atoms with Gasteiger partial charge in [0.25, 0.3) is 11.7 Å². The average molecular weight is 494 g/mol. The van der Waals surface area contributed by atoms with Crippen LogP contribution in [0.5, 0.6) is 17.2 Å². The maximum atomic E-state index is 13.3. The van der Waals surface area contributed by atoms with Gasteiger partial charge >= 0.3 is 0 Å². The molecule has 0 saturated carbocycles. The van der Waals surface area contributed by atoms with Gasteiger partial charge in [0.2, 0.25) is 0 Å². The van der Waals surface area contributed by atoms with Crippen molar-refractivity contribution in [2.75, 3.05) is 25.7 Å². The number of amides is 1. The molecule has 180 valence electrons. The summed E-state index contributed by atoms with van der Waals surface area (Å²) in [7, 11) is 3.01. The van der Waals surface area contributed by atoms with Gasteiger partial charge in [-0.2, -0.15) is 0 Å². The van der Waals surface area contributed by atoms with Gasteiger partial charge in [-0.1, -0.05) is 29.8 Å². The predicted molar refractivity (Wildman–Crippen MR) is 133 cm³/mol. The molecule has 3 aromatic rings. The Morgan fingerprint density at radius 1 is 0.971 bits per heavy atom. The van der Waals surface area contributed by atoms with E-state index in [-0.39, 0.29) is 11.3 Å². The van der Waals surface area contributed by atoms with Gasteiger partial charge in [0.05, 0.1) is 32.4 Å². The fraction of sp³-hybridized carbons (Fsp3) is 0.185. The third kappa shape index (κ3) is 4.55. The molecular formula is C27H24ClNO6. The molecule has 0 bridgehead atoms. The van der Waals surface area contributed by atoms with Crippen LogP contribution in [-0.2, 0) is 9.59 Å². The lowest BCUT2D eigenvalue weighted by Crippen LogP contribution is -2.29. The smallest absolute Gasteiger partial charge is 0.300 e. The first-order valence-corrected chi connectivity index (χ1v) is 11.3. The van der Waals surface area contributed by atoms with Gasteiger partial charge < -0.3 is 19.3 Å². The van der Waals surface area contributed by atoms with Gasteiger partial charge in [0.15, 0.2) is 11.5 Å². The lowest BCUT2D eigenvalue weighted by atomic mass is 9.94. The van der Waals surface area contributed by atoms with Crippen molar-refractivity contribution < 1.29 is 28.9 Å². The Labute approximate surface area is 208 Å². The Morgan fingerprint density at radius 3 is 2.31 bits per heavy atom. The van der Waals surface area contributed by atoms with E-state index in [0.29, 0.717) is 45.7 Å². The number of anilines is 1. The second kappa shape index (κ2) is 10.1.